The van der Waals surface area contributed by atoms with Gasteiger partial charge in [0.25, 0.3) is 5.91 Å². The summed E-state index contributed by atoms with van der Waals surface area (Å²) in [4.78, 5) is 19.1. The van der Waals surface area contributed by atoms with Crippen molar-refractivity contribution in [3.8, 4) is 11.8 Å². The highest BCUT2D eigenvalue weighted by atomic mass is 16.2. The SMILES string of the molecule is O=C(NCc1ncc[nH]1)c1ccccc1C#CCCO. The van der Waals surface area contributed by atoms with Crippen LogP contribution in [0.3, 0.4) is 0 Å². The lowest BCUT2D eigenvalue weighted by molar-refractivity contribution is 0.0949. The first-order chi connectivity index (χ1) is 9.81. The summed E-state index contributed by atoms with van der Waals surface area (Å²) in [6, 6.07) is 7.12. The first-order valence-electron chi connectivity index (χ1n) is 6.26. The molecule has 0 unspecified atom stereocenters. The summed E-state index contributed by atoms with van der Waals surface area (Å²) in [6.45, 7) is 0.351. The van der Waals surface area contributed by atoms with Gasteiger partial charge in [-0.25, -0.2) is 4.98 Å². The van der Waals surface area contributed by atoms with E-state index in [-0.39, 0.29) is 12.5 Å². The third kappa shape index (κ3) is 3.70. The number of imidazole rings is 1. The molecule has 5 heteroatoms. The van der Waals surface area contributed by atoms with E-state index in [1.165, 1.54) is 0 Å². The third-order valence-electron chi connectivity index (χ3n) is 2.60. The zero-order valence-electron chi connectivity index (χ0n) is 10.9. The average molecular weight is 269 g/mol. The van der Waals surface area contributed by atoms with Gasteiger partial charge < -0.3 is 15.4 Å². The zero-order valence-corrected chi connectivity index (χ0v) is 10.9. The average Bonchev–Trinajstić information content (AvgIpc) is 2.99. The van der Waals surface area contributed by atoms with Gasteiger partial charge in [0.15, 0.2) is 0 Å². The second-order valence-corrected chi connectivity index (χ2v) is 4.04. The molecule has 2 rings (SSSR count). The number of hydrogen-bond donors (Lipinski definition) is 3. The Hall–Kier alpha value is -2.58. The highest BCUT2D eigenvalue weighted by Crippen LogP contribution is 2.07. The Balaban J connectivity index is 2.07. The summed E-state index contributed by atoms with van der Waals surface area (Å²) in [5.41, 5.74) is 1.17. The maximum atomic E-state index is 12.1. The number of aromatic amines is 1. The minimum atomic E-state index is -0.199. The molecule has 20 heavy (non-hydrogen) atoms. The van der Waals surface area contributed by atoms with Crippen LogP contribution in [0.2, 0.25) is 0 Å². The third-order valence-corrected chi connectivity index (χ3v) is 2.60. The number of aliphatic hydroxyl groups is 1. The summed E-state index contributed by atoms with van der Waals surface area (Å²) >= 11 is 0. The zero-order chi connectivity index (χ0) is 14.2. The predicted octanol–water partition coefficient (Wildman–Crippen LogP) is 1.07. The summed E-state index contributed by atoms with van der Waals surface area (Å²) < 4.78 is 0. The molecule has 3 N–H and O–H groups in total. The quantitative estimate of drug-likeness (QED) is 0.727. The lowest BCUT2D eigenvalue weighted by Gasteiger charge is -2.05. The lowest BCUT2D eigenvalue weighted by atomic mass is 10.1. The molecule has 0 fully saturated rings. The molecule has 0 aliphatic heterocycles. The minimum Gasteiger partial charge on any atom is -0.395 e. The molecule has 1 heterocycles. The van der Waals surface area contributed by atoms with E-state index in [1.54, 1.807) is 30.6 Å². The molecule has 0 radical (unpaired) electrons. The molecule has 0 aliphatic carbocycles. The van der Waals surface area contributed by atoms with Crippen molar-refractivity contribution in [2.45, 2.75) is 13.0 Å². The molecular formula is C15H15N3O2. The minimum absolute atomic E-state index is 0.0137. The number of carbonyl (C=O) groups is 1. The van der Waals surface area contributed by atoms with Gasteiger partial charge in [-0.15, -0.1) is 0 Å². The Morgan fingerprint density at radius 2 is 2.25 bits per heavy atom. The van der Waals surface area contributed by atoms with Gasteiger partial charge in [-0.05, 0) is 12.1 Å². The summed E-state index contributed by atoms with van der Waals surface area (Å²) in [5, 5.41) is 11.5. The molecule has 5 nitrogen and oxygen atoms in total. The number of rotatable bonds is 4. The molecule has 1 aromatic carbocycles. The molecule has 1 amide bonds. The van der Waals surface area contributed by atoms with Crippen LogP contribution in [0.25, 0.3) is 0 Å². The van der Waals surface area contributed by atoms with Gasteiger partial charge in [-0.2, -0.15) is 0 Å². The monoisotopic (exact) mass is 269 g/mol. The fourth-order valence-corrected chi connectivity index (χ4v) is 1.66. The highest BCUT2D eigenvalue weighted by molar-refractivity contribution is 5.96. The van der Waals surface area contributed by atoms with Crippen molar-refractivity contribution < 1.29 is 9.90 Å². The van der Waals surface area contributed by atoms with Gasteiger partial charge in [0.1, 0.15) is 5.82 Å². The van der Waals surface area contributed by atoms with Crippen LogP contribution in [0.5, 0.6) is 0 Å². The van der Waals surface area contributed by atoms with Gasteiger partial charge in [0, 0.05) is 24.4 Å². The van der Waals surface area contributed by atoms with Crippen LogP contribution in [0.15, 0.2) is 36.7 Å². The Labute approximate surface area is 117 Å². The van der Waals surface area contributed by atoms with Crippen LogP contribution in [0, 0.1) is 11.8 Å². The van der Waals surface area contributed by atoms with Gasteiger partial charge in [0.05, 0.1) is 18.7 Å². The summed E-state index contributed by atoms with van der Waals surface area (Å²) in [7, 11) is 0. The maximum Gasteiger partial charge on any atom is 0.252 e. The Bertz CT molecular complexity index is 624. The van der Waals surface area contributed by atoms with Gasteiger partial charge in [-0.3, -0.25) is 4.79 Å². The lowest BCUT2D eigenvalue weighted by Crippen LogP contribution is -2.24. The first kappa shape index (κ1) is 13.8. The summed E-state index contributed by atoms with van der Waals surface area (Å²) in [6.07, 6.45) is 3.73. The van der Waals surface area contributed by atoms with Crippen LogP contribution >= 0.6 is 0 Å². The normalized spacial score (nSPS) is 9.65. The molecule has 0 saturated carbocycles. The Morgan fingerprint density at radius 3 is 3.00 bits per heavy atom. The van der Waals surface area contributed by atoms with E-state index in [0.717, 1.165) is 0 Å². The van der Waals surface area contributed by atoms with Crippen LogP contribution in [0.4, 0.5) is 0 Å². The van der Waals surface area contributed by atoms with Crippen molar-refractivity contribution in [2.75, 3.05) is 6.61 Å². The number of aliphatic hydroxyl groups excluding tert-OH is 1. The number of carbonyl (C=O) groups excluding carboxylic acids is 1. The molecule has 102 valence electrons. The molecule has 0 spiro atoms. The number of H-pyrrole nitrogens is 1. The number of benzene rings is 1. The Morgan fingerprint density at radius 1 is 1.40 bits per heavy atom. The molecule has 2 aromatic rings. The smallest absolute Gasteiger partial charge is 0.252 e. The molecular weight excluding hydrogens is 254 g/mol. The van der Waals surface area contributed by atoms with Crippen molar-refractivity contribution in [3.05, 3.63) is 53.6 Å². The second-order valence-electron chi connectivity index (χ2n) is 4.04. The molecule has 0 saturated heterocycles. The van der Waals surface area contributed by atoms with E-state index in [0.29, 0.717) is 29.9 Å². The van der Waals surface area contributed by atoms with Gasteiger partial charge in [-0.1, -0.05) is 24.0 Å². The number of nitrogens with zero attached hydrogens (tertiary/aromatic N) is 1. The van der Waals surface area contributed by atoms with Crippen molar-refractivity contribution in [1.29, 1.82) is 0 Å². The summed E-state index contributed by atoms with van der Waals surface area (Å²) in [5.74, 6) is 6.21. The fraction of sp³-hybridized carbons (Fsp3) is 0.200. The molecule has 0 bridgehead atoms. The van der Waals surface area contributed by atoms with Crippen LogP contribution < -0.4 is 5.32 Å². The van der Waals surface area contributed by atoms with E-state index in [9.17, 15) is 4.79 Å². The predicted molar refractivity (Wildman–Crippen MR) is 74.8 cm³/mol. The van der Waals surface area contributed by atoms with Gasteiger partial charge in [0.2, 0.25) is 0 Å². The second kappa shape index (κ2) is 7.12. The van der Waals surface area contributed by atoms with Crippen LogP contribution in [-0.4, -0.2) is 27.6 Å². The van der Waals surface area contributed by atoms with Crippen molar-refractivity contribution in [1.82, 2.24) is 15.3 Å². The topological polar surface area (TPSA) is 78.0 Å². The molecule has 0 aliphatic rings. The fourth-order valence-electron chi connectivity index (χ4n) is 1.66. The molecule has 0 atom stereocenters. The van der Waals surface area contributed by atoms with E-state index >= 15 is 0 Å². The number of aromatic nitrogens is 2. The van der Waals surface area contributed by atoms with E-state index in [2.05, 4.69) is 27.1 Å². The van der Waals surface area contributed by atoms with Crippen molar-refractivity contribution in [3.63, 3.8) is 0 Å². The van der Waals surface area contributed by atoms with Gasteiger partial charge >= 0.3 is 0 Å². The number of amides is 1. The van der Waals surface area contributed by atoms with Crippen LogP contribution in [0.1, 0.15) is 28.2 Å². The first-order valence-corrected chi connectivity index (χ1v) is 6.26. The molecule has 1 aromatic heterocycles. The van der Waals surface area contributed by atoms with E-state index < -0.39 is 0 Å². The van der Waals surface area contributed by atoms with Crippen molar-refractivity contribution in [2.24, 2.45) is 0 Å². The van der Waals surface area contributed by atoms with Crippen LogP contribution in [-0.2, 0) is 6.54 Å². The standard InChI is InChI=1S/C15H15N3O2/c19-10-4-3-6-12-5-1-2-7-13(12)15(20)18-11-14-16-8-9-17-14/h1-2,5,7-9,19H,4,10-11H2,(H,16,17)(H,18,20). The number of hydrogen-bond acceptors (Lipinski definition) is 3. The van der Waals surface area contributed by atoms with Crippen molar-refractivity contribution >= 4 is 5.91 Å². The number of nitrogens with one attached hydrogen (secondary N) is 2. The largest absolute Gasteiger partial charge is 0.395 e. The maximum absolute atomic E-state index is 12.1. The Kier molecular flexibility index (Phi) is 4.93. The highest BCUT2D eigenvalue weighted by Gasteiger charge is 2.09. The van der Waals surface area contributed by atoms with E-state index in [4.69, 9.17) is 5.11 Å². The van der Waals surface area contributed by atoms with E-state index in [1.807, 2.05) is 6.07 Å².